The first-order valence-corrected chi connectivity index (χ1v) is 8.39. The Hall–Kier alpha value is -3.49. The molecule has 3 aromatic rings. The molecule has 2 heterocycles. The zero-order valence-corrected chi connectivity index (χ0v) is 15.1. The molecule has 4 nitrogen and oxygen atoms in total. The molecule has 2 aromatic carbocycles. The SMILES string of the molecule is CC1=NN(c2c(F)c(F)c(F)c(F)c2F)C(=O)/C1=C\c1cn(C)c2ccccc12. The number of fused-ring (bicyclic) bond motifs is 1. The van der Waals surface area contributed by atoms with Crippen molar-refractivity contribution in [3.63, 3.8) is 0 Å². The highest BCUT2D eigenvalue weighted by Gasteiger charge is 2.37. The van der Waals surface area contributed by atoms with E-state index in [1.54, 1.807) is 6.20 Å². The van der Waals surface area contributed by atoms with Gasteiger partial charge in [-0.25, -0.2) is 22.0 Å². The summed E-state index contributed by atoms with van der Waals surface area (Å²) in [6, 6.07) is 7.35. The van der Waals surface area contributed by atoms with E-state index in [2.05, 4.69) is 5.10 Å². The molecule has 4 rings (SSSR count). The highest BCUT2D eigenvalue weighted by Crippen LogP contribution is 2.34. The van der Waals surface area contributed by atoms with Crippen LogP contribution in [0.1, 0.15) is 12.5 Å². The van der Waals surface area contributed by atoms with Crippen LogP contribution >= 0.6 is 0 Å². The second kappa shape index (κ2) is 6.54. The number of carbonyl (C=O) groups is 1. The minimum atomic E-state index is -2.30. The highest BCUT2D eigenvalue weighted by molar-refractivity contribution is 6.32. The van der Waals surface area contributed by atoms with Gasteiger partial charge in [-0.3, -0.25) is 4.79 Å². The van der Waals surface area contributed by atoms with E-state index in [1.165, 1.54) is 13.0 Å². The maximum Gasteiger partial charge on any atom is 0.280 e. The summed E-state index contributed by atoms with van der Waals surface area (Å²) in [6.45, 7) is 1.40. The maximum absolute atomic E-state index is 14.1. The van der Waals surface area contributed by atoms with Gasteiger partial charge in [0, 0.05) is 29.7 Å². The van der Waals surface area contributed by atoms with E-state index < -0.39 is 40.7 Å². The van der Waals surface area contributed by atoms with Crippen LogP contribution in [0.4, 0.5) is 27.6 Å². The summed E-state index contributed by atoms with van der Waals surface area (Å²) in [7, 11) is 1.81. The quantitative estimate of drug-likeness (QED) is 0.264. The Morgan fingerprint density at radius 2 is 1.52 bits per heavy atom. The van der Waals surface area contributed by atoms with E-state index in [0.717, 1.165) is 10.9 Å². The first kappa shape index (κ1) is 18.9. The second-order valence-electron chi connectivity index (χ2n) is 6.49. The average molecular weight is 405 g/mol. The van der Waals surface area contributed by atoms with Gasteiger partial charge in [-0.2, -0.15) is 10.1 Å². The average Bonchev–Trinajstić information content (AvgIpc) is 3.17. The monoisotopic (exact) mass is 405 g/mol. The predicted molar refractivity (Wildman–Crippen MR) is 97.7 cm³/mol. The molecule has 0 fully saturated rings. The first-order valence-electron chi connectivity index (χ1n) is 8.39. The molecular weight excluding hydrogens is 393 g/mol. The number of anilines is 1. The molecule has 1 aliphatic rings. The minimum absolute atomic E-state index is 0.0229. The molecule has 1 aliphatic heterocycles. The van der Waals surface area contributed by atoms with Crippen LogP contribution in [0.2, 0.25) is 0 Å². The molecule has 9 heteroatoms. The third-order valence-corrected chi connectivity index (χ3v) is 4.69. The lowest BCUT2D eigenvalue weighted by atomic mass is 10.1. The third kappa shape index (κ3) is 2.72. The Morgan fingerprint density at radius 3 is 2.17 bits per heavy atom. The smallest absolute Gasteiger partial charge is 0.280 e. The number of nitrogens with zero attached hydrogens (tertiary/aromatic N) is 3. The third-order valence-electron chi connectivity index (χ3n) is 4.69. The number of aromatic nitrogens is 1. The van der Waals surface area contributed by atoms with Crippen LogP contribution in [-0.4, -0.2) is 16.2 Å². The number of rotatable bonds is 2. The van der Waals surface area contributed by atoms with E-state index in [-0.39, 0.29) is 16.3 Å². The molecule has 148 valence electrons. The lowest BCUT2D eigenvalue weighted by Gasteiger charge is -2.15. The Kier molecular flexibility index (Phi) is 4.25. The predicted octanol–water partition coefficient (Wildman–Crippen LogP) is 4.68. The van der Waals surface area contributed by atoms with Gasteiger partial charge in [0.2, 0.25) is 5.82 Å². The lowest BCUT2D eigenvalue weighted by molar-refractivity contribution is -0.114. The molecule has 29 heavy (non-hydrogen) atoms. The van der Waals surface area contributed by atoms with Crippen molar-refractivity contribution in [2.45, 2.75) is 6.92 Å². The van der Waals surface area contributed by atoms with Gasteiger partial charge in [0.1, 0.15) is 5.69 Å². The van der Waals surface area contributed by atoms with Crippen LogP contribution < -0.4 is 5.01 Å². The van der Waals surface area contributed by atoms with Gasteiger partial charge in [0.05, 0.1) is 11.3 Å². The zero-order valence-electron chi connectivity index (χ0n) is 15.1. The fourth-order valence-electron chi connectivity index (χ4n) is 3.26. The van der Waals surface area contributed by atoms with Crippen LogP contribution in [0.15, 0.2) is 41.1 Å². The van der Waals surface area contributed by atoms with Crippen molar-refractivity contribution in [1.29, 1.82) is 0 Å². The summed E-state index contributed by atoms with van der Waals surface area (Å²) >= 11 is 0. The van der Waals surface area contributed by atoms with Crippen molar-refractivity contribution in [3.8, 4) is 0 Å². The number of hydrazone groups is 1. The molecule has 0 unspecified atom stereocenters. The topological polar surface area (TPSA) is 37.6 Å². The summed E-state index contributed by atoms with van der Waals surface area (Å²) in [4.78, 5) is 12.7. The highest BCUT2D eigenvalue weighted by atomic mass is 19.2. The lowest BCUT2D eigenvalue weighted by Crippen LogP contribution is -2.25. The van der Waals surface area contributed by atoms with Crippen molar-refractivity contribution >= 4 is 34.3 Å². The molecular formula is C20H12F5N3O. The Bertz CT molecular complexity index is 1230. The van der Waals surface area contributed by atoms with E-state index in [0.29, 0.717) is 5.56 Å². The van der Waals surface area contributed by atoms with Crippen LogP contribution in [0.5, 0.6) is 0 Å². The fraction of sp³-hybridized carbons (Fsp3) is 0.100. The van der Waals surface area contributed by atoms with Gasteiger partial charge in [0.15, 0.2) is 23.3 Å². The number of hydrogen-bond donors (Lipinski definition) is 0. The minimum Gasteiger partial charge on any atom is -0.350 e. The van der Waals surface area contributed by atoms with Crippen LogP contribution in [0, 0.1) is 29.1 Å². The molecule has 0 radical (unpaired) electrons. The van der Waals surface area contributed by atoms with E-state index in [9.17, 15) is 26.7 Å². The summed E-state index contributed by atoms with van der Waals surface area (Å²) in [5.41, 5.74) is 0.167. The van der Waals surface area contributed by atoms with Crippen LogP contribution in [-0.2, 0) is 11.8 Å². The second-order valence-corrected chi connectivity index (χ2v) is 6.49. The maximum atomic E-state index is 14.1. The van der Waals surface area contributed by atoms with Crippen molar-refractivity contribution in [2.75, 3.05) is 5.01 Å². The molecule has 1 aromatic heterocycles. The molecule has 0 saturated heterocycles. The number of aryl methyl sites for hydroxylation is 1. The van der Waals surface area contributed by atoms with Gasteiger partial charge in [-0.1, -0.05) is 18.2 Å². The Morgan fingerprint density at radius 1 is 0.931 bits per heavy atom. The van der Waals surface area contributed by atoms with Gasteiger partial charge < -0.3 is 4.57 Å². The van der Waals surface area contributed by atoms with E-state index in [1.807, 2.05) is 35.9 Å². The van der Waals surface area contributed by atoms with Gasteiger partial charge in [-0.05, 0) is 19.1 Å². The van der Waals surface area contributed by atoms with Gasteiger partial charge in [-0.15, -0.1) is 0 Å². The number of amides is 1. The number of carbonyl (C=O) groups excluding carboxylic acids is 1. The number of hydrogen-bond acceptors (Lipinski definition) is 2. The largest absolute Gasteiger partial charge is 0.350 e. The summed E-state index contributed by atoms with van der Waals surface area (Å²) in [6.07, 6.45) is 3.22. The molecule has 1 amide bonds. The number of halogens is 5. The zero-order chi connectivity index (χ0) is 21.0. The van der Waals surface area contributed by atoms with Crippen molar-refractivity contribution in [2.24, 2.45) is 12.1 Å². The fourth-order valence-corrected chi connectivity index (χ4v) is 3.26. The molecule has 0 bridgehead atoms. The molecule has 0 spiro atoms. The molecule has 0 N–H and O–H groups in total. The van der Waals surface area contributed by atoms with E-state index >= 15 is 0 Å². The van der Waals surface area contributed by atoms with Gasteiger partial charge >= 0.3 is 0 Å². The molecule has 0 saturated carbocycles. The standard InChI is InChI=1S/C20H12F5N3O/c1-9-12(7-10-8-27(2)13-6-4-3-5-11(10)13)20(29)28(26-9)19-17(24)15(22)14(21)16(23)18(19)25/h3-8H,1-2H3/b12-7-. The van der Waals surface area contributed by atoms with Crippen molar-refractivity contribution in [1.82, 2.24) is 4.57 Å². The summed E-state index contributed by atoms with van der Waals surface area (Å²) < 4.78 is 70.4. The first-order chi connectivity index (χ1) is 13.7. The Labute approximate surface area is 161 Å². The number of benzene rings is 2. The summed E-state index contributed by atoms with van der Waals surface area (Å²) in [5, 5.41) is 4.74. The van der Waals surface area contributed by atoms with E-state index in [4.69, 9.17) is 0 Å². The van der Waals surface area contributed by atoms with Crippen molar-refractivity contribution < 1.29 is 26.7 Å². The number of para-hydroxylation sites is 1. The van der Waals surface area contributed by atoms with Crippen LogP contribution in [0.25, 0.3) is 17.0 Å². The summed E-state index contributed by atoms with van der Waals surface area (Å²) in [5.74, 6) is -11.9. The Balaban J connectivity index is 1.84. The molecule has 0 atom stereocenters. The van der Waals surface area contributed by atoms with Crippen LogP contribution in [0.3, 0.4) is 0 Å². The van der Waals surface area contributed by atoms with Crippen molar-refractivity contribution in [3.05, 3.63) is 70.7 Å². The normalized spacial score (nSPS) is 15.7. The molecule has 0 aliphatic carbocycles. The van der Waals surface area contributed by atoms with Gasteiger partial charge in [0.25, 0.3) is 5.91 Å².